The number of aromatic nitrogens is 1. The third-order valence-corrected chi connectivity index (χ3v) is 10.9. The minimum atomic E-state index is 0.892. The minimum Gasteiger partial charge on any atom is -0.455 e. The van der Waals surface area contributed by atoms with Crippen LogP contribution in [0.1, 0.15) is 0 Å². The molecule has 0 amide bonds. The molecule has 2 heterocycles. The van der Waals surface area contributed by atoms with Crippen LogP contribution in [0, 0.1) is 0 Å². The highest BCUT2D eigenvalue weighted by Gasteiger charge is 2.22. The van der Waals surface area contributed by atoms with Gasteiger partial charge in [-0.15, -0.1) is 0 Å². The summed E-state index contributed by atoms with van der Waals surface area (Å²) in [4.78, 5) is 4.71. The number of para-hydroxylation sites is 5. The van der Waals surface area contributed by atoms with Crippen molar-refractivity contribution in [2.75, 3.05) is 9.80 Å². The molecule has 4 nitrogen and oxygen atoms in total. The lowest BCUT2D eigenvalue weighted by molar-refractivity contribution is 0.672. The van der Waals surface area contributed by atoms with Gasteiger partial charge in [0.25, 0.3) is 0 Å². The summed E-state index contributed by atoms with van der Waals surface area (Å²) in [5, 5.41) is 6.89. The van der Waals surface area contributed by atoms with Crippen LogP contribution in [0.15, 0.2) is 217 Å². The van der Waals surface area contributed by atoms with Crippen LogP contribution in [0.25, 0.3) is 60.2 Å². The molecule has 0 aliphatic rings. The van der Waals surface area contributed by atoms with Crippen LogP contribution in [-0.2, 0) is 0 Å². The number of furan rings is 1. The number of hydrogen-bond donors (Lipinski definition) is 0. The van der Waals surface area contributed by atoms with Crippen molar-refractivity contribution >= 4 is 88.6 Å². The lowest BCUT2D eigenvalue weighted by atomic mass is 10.0. The molecule has 0 atom stereocenters. The molecular weight excluding hydrogens is 683 g/mol. The number of nitrogens with zero attached hydrogens (tertiary/aromatic N) is 3. The molecule has 4 heteroatoms. The molecule has 0 fully saturated rings. The standard InChI is InChI=1S/C52H35N3O/c1-4-16-36(17-5-1)53(41-32-33-44-42-22-12-14-26-48(42)55(49(44)34-41)38-20-8-3-9-21-38)39-28-30-40(31-29-39)54(37-18-6-2-7-19-37)50-35-47-45-24-13-15-27-51(45)56-52(47)46-25-11-10-23-43(46)50/h1-35H. The van der Waals surface area contributed by atoms with Gasteiger partial charge in [0, 0.05) is 66.4 Å². The Hall–Kier alpha value is -7.56. The van der Waals surface area contributed by atoms with Gasteiger partial charge >= 0.3 is 0 Å². The van der Waals surface area contributed by atoms with Crippen LogP contribution < -0.4 is 9.80 Å². The molecule has 0 spiro atoms. The highest BCUT2D eigenvalue weighted by Crippen LogP contribution is 2.46. The highest BCUT2D eigenvalue weighted by molar-refractivity contribution is 6.19. The van der Waals surface area contributed by atoms with Gasteiger partial charge in [-0.3, -0.25) is 0 Å². The molecular formula is C52H35N3O. The molecule has 0 aliphatic heterocycles. The Morgan fingerprint density at radius 3 is 1.54 bits per heavy atom. The number of benzene rings is 9. The third-order valence-electron chi connectivity index (χ3n) is 10.9. The van der Waals surface area contributed by atoms with E-state index in [9.17, 15) is 0 Å². The zero-order valence-electron chi connectivity index (χ0n) is 30.5. The predicted octanol–water partition coefficient (Wildman–Crippen LogP) is 14.8. The average molecular weight is 718 g/mol. The molecule has 264 valence electrons. The zero-order chi connectivity index (χ0) is 37.0. The summed E-state index contributed by atoms with van der Waals surface area (Å²) < 4.78 is 8.87. The molecule has 0 aliphatic carbocycles. The van der Waals surface area contributed by atoms with Gasteiger partial charge in [-0.25, -0.2) is 0 Å². The van der Waals surface area contributed by atoms with Crippen molar-refractivity contribution in [1.82, 2.24) is 4.57 Å². The van der Waals surface area contributed by atoms with E-state index < -0.39 is 0 Å². The summed E-state index contributed by atoms with van der Waals surface area (Å²) in [7, 11) is 0. The average Bonchev–Trinajstić information content (AvgIpc) is 3.81. The summed E-state index contributed by atoms with van der Waals surface area (Å²) in [6.07, 6.45) is 0. The number of anilines is 6. The summed E-state index contributed by atoms with van der Waals surface area (Å²) in [6, 6.07) is 75.6. The molecule has 11 rings (SSSR count). The van der Waals surface area contributed by atoms with Gasteiger partial charge in [-0.2, -0.15) is 0 Å². The second-order valence-corrected chi connectivity index (χ2v) is 14.2. The number of rotatable bonds is 7. The van der Waals surface area contributed by atoms with Gasteiger partial charge in [-0.05, 0) is 91.0 Å². The minimum absolute atomic E-state index is 0.892. The monoisotopic (exact) mass is 717 g/mol. The Morgan fingerprint density at radius 2 is 0.821 bits per heavy atom. The Morgan fingerprint density at radius 1 is 0.321 bits per heavy atom. The maximum atomic E-state index is 6.49. The first-order valence-corrected chi connectivity index (χ1v) is 19.0. The zero-order valence-corrected chi connectivity index (χ0v) is 30.5. The molecule has 0 N–H and O–H groups in total. The van der Waals surface area contributed by atoms with Gasteiger partial charge in [0.2, 0.25) is 0 Å². The highest BCUT2D eigenvalue weighted by atomic mass is 16.3. The summed E-state index contributed by atoms with van der Waals surface area (Å²) >= 11 is 0. The van der Waals surface area contributed by atoms with Crippen LogP contribution >= 0.6 is 0 Å². The molecule has 11 aromatic rings. The summed E-state index contributed by atoms with van der Waals surface area (Å²) in [5.41, 5.74) is 11.8. The van der Waals surface area contributed by atoms with Crippen molar-refractivity contribution in [2.24, 2.45) is 0 Å². The van der Waals surface area contributed by atoms with Crippen molar-refractivity contribution in [3.8, 4) is 5.69 Å². The maximum absolute atomic E-state index is 6.49. The van der Waals surface area contributed by atoms with Crippen LogP contribution in [0.2, 0.25) is 0 Å². The van der Waals surface area contributed by atoms with Gasteiger partial charge in [0.15, 0.2) is 0 Å². The fourth-order valence-corrected chi connectivity index (χ4v) is 8.45. The molecule has 2 aromatic heterocycles. The van der Waals surface area contributed by atoms with Crippen molar-refractivity contribution < 1.29 is 4.42 Å². The van der Waals surface area contributed by atoms with Gasteiger partial charge in [-0.1, -0.05) is 121 Å². The molecule has 56 heavy (non-hydrogen) atoms. The normalized spacial score (nSPS) is 11.6. The Balaban J connectivity index is 1.09. The maximum Gasteiger partial charge on any atom is 0.143 e. The first-order chi connectivity index (χ1) is 27.8. The van der Waals surface area contributed by atoms with E-state index in [0.717, 1.165) is 78.0 Å². The van der Waals surface area contributed by atoms with E-state index in [1.807, 2.05) is 6.07 Å². The molecule has 0 bridgehead atoms. The van der Waals surface area contributed by atoms with E-state index in [1.54, 1.807) is 0 Å². The van der Waals surface area contributed by atoms with Crippen LogP contribution in [-0.4, -0.2) is 4.57 Å². The van der Waals surface area contributed by atoms with Crippen LogP contribution in [0.5, 0.6) is 0 Å². The van der Waals surface area contributed by atoms with Gasteiger partial charge in [0.1, 0.15) is 11.2 Å². The Labute approximate surface area is 324 Å². The molecule has 9 aromatic carbocycles. The van der Waals surface area contributed by atoms with E-state index in [1.165, 1.54) is 16.3 Å². The Kier molecular flexibility index (Phi) is 7.46. The molecule has 0 saturated heterocycles. The topological polar surface area (TPSA) is 24.6 Å². The summed E-state index contributed by atoms with van der Waals surface area (Å²) in [6.45, 7) is 0. The smallest absolute Gasteiger partial charge is 0.143 e. The largest absolute Gasteiger partial charge is 0.455 e. The SMILES string of the molecule is c1ccc(N(c2ccc(N(c3ccccc3)c3cc4c5ccccc5oc4c4ccccc34)cc2)c2ccc3c4ccccc4n(-c4ccccc4)c3c2)cc1. The van der Waals surface area contributed by atoms with E-state index in [4.69, 9.17) is 4.42 Å². The summed E-state index contributed by atoms with van der Waals surface area (Å²) in [5.74, 6) is 0. The predicted molar refractivity (Wildman–Crippen MR) is 235 cm³/mol. The lowest BCUT2D eigenvalue weighted by Gasteiger charge is -2.29. The van der Waals surface area contributed by atoms with Crippen molar-refractivity contribution in [1.29, 1.82) is 0 Å². The van der Waals surface area contributed by atoms with Crippen molar-refractivity contribution in [3.05, 3.63) is 212 Å². The number of hydrogen-bond acceptors (Lipinski definition) is 3. The van der Waals surface area contributed by atoms with Crippen molar-refractivity contribution in [2.45, 2.75) is 0 Å². The second kappa shape index (κ2) is 13.1. The van der Waals surface area contributed by atoms with Crippen LogP contribution in [0.3, 0.4) is 0 Å². The molecule has 0 radical (unpaired) electrons. The lowest BCUT2D eigenvalue weighted by Crippen LogP contribution is -2.12. The third kappa shape index (κ3) is 5.15. The van der Waals surface area contributed by atoms with Crippen LogP contribution in [0.4, 0.5) is 34.1 Å². The van der Waals surface area contributed by atoms with E-state index in [0.29, 0.717) is 0 Å². The van der Waals surface area contributed by atoms with E-state index in [2.05, 4.69) is 221 Å². The van der Waals surface area contributed by atoms with Gasteiger partial charge < -0.3 is 18.8 Å². The second-order valence-electron chi connectivity index (χ2n) is 14.2. The van der Waals surface area contributed by atoms with Gasteiger partial charge in [0.05, 0.1) is 16.7 Å². The first kappa shape index (κ1) is 31.9. The Bertz CT molecular complexity index is 3180. The molecule has 0 unspecified atom stereocenters. The fraction of sp³-hybridized carbons (Fsp3) is 0. The number of fused-ring (bicyclic) bond motifs is 8. The molecule has 0 saturated carbocycles. The quantitative estimate of drug-likeness (QED) is 0.164. The van der Waals surface area contributed by atoms with E-state index >= 15 is 0 Å². The van der Waals surface area contributed by atoms with Crippen molar-refractivity contribution in [3.63, 3.8) is 0 Å². The fourth-order valence-electron chi connectivity index (χ4n) is 8.45. The van der Waals surface area contributed by atoms with E-state index in [-0.39, 0.29) is 0 Å². The first-order valence-electron chi connectivity index (χ1n) is 19.0.